The maximum atomic E-state index is 12.0. The zero-order valence-electron chi connectivity index (χ0n) is 10.2. The van der Waals surface area contributed by atoms with Crippen LogP contribution in [-0.2, 0) is 14.4 Å². The second-order valence-electron chi connectivity index (χ2n) is 4.62. The van der Waals surface area contributed by atoms with Crippen LogP contribution in [0.1, 0.15) is 26.2 Å². The fraction of sp³-hybridized carbons (Fsp3) is 0.727. The topological polar surface area (TPSA) is 121 Å². The molecule has 102 valence electrons. The fourth-order valence-corrected chi connectivity index (χ4v) is 2.19. The molecule has 0 aromatic heterocycles. The summed E-state index contributed by atoms with van der Waals surface area (Å²) < 4.78 is 0. The number of nitrogens with two attached hydrogens (primary N) is 1. The standard InChI is InChI=1S/C11H18N2O5/c1-6-4-5-13(9(6)11(17)18)10(16)7(12)2-3-8(14)15/h6-7,9H,2-5,12H2,1H3,(H,14,15)(H,17,18). The molecule has 0 radical (unpaired) electrons. The SMILES string of the molecule is CC1CCN(C(=O)C(N)CCC(=O)O)C1C(=O)O. The molecule has 1 saturated heterocycles. The number of hydrogen-bond acceptors (Lipinski definition) is 4. The Balaban J connectivity index is 2.65. The van der Waals surface area contributed by atoms with Crippen molar-refractivity contribution in [1.82, 2.24) is 4.90 Å². The second-order valence-corrected chi connectivity index (χ2v) is 4.62. The molecule has 0 bridgehead atoms. The van der Waals surface area contributed by atoms with Crippen LogP contribution in [-0.4, -0.2) is 51.6 Å². The highest BCUT2D eigenvalue weighted by atomic mass is 16.4. The molecule has 3 unspecified atom stereocenters. The summed E-state index contributed by atoms with van der Waals surface area (Å²) in [5.74, 6) is -2.66. The lowest BCUT2D eigenvalue weighted by Gasteiger charge is -2.26. The molecule has 1 heterocycles. The average Bonchev–Trinajstić information content (AvgIpc) is 2.66. The van der Waals surface area contributed by atoms with Crippen LogP contribution < -0.4 is 5.73 Å². The normalized spacial score (nSPS) is 24.9. The van der Waals surface area contributed by atoms with E-state index in [-0.39, 0.29) is 18.8 Å². The third-order valence-corrected chi connectivity index (χ3v) is 3.22. The first-order chi connectivity index (χ1) is 8.34. The van der Waals surface area contributed by atoms with Gasteiger partial charge in [0.25, 0.3) is 0 Å². The first kappa shape index (κ1) is 14.4. The zero-order chi connectivity index (χ0) is 13.9. The van der Waals surface area contributed by atoms with E-state index in [1.807, 2.05) is 0 Å². The minimum absolute atomic E-state index is 0.0192. The van der Waals surface area contributed by atoms with Crippen molar-refractivity contribution in [2.75, 3.05) is 6.54 Å². The summed E-state index contributed by atoms with van der Waals surface area (Å²) in [6, 6.07) is -1.80. The fourth-order valence-electron chi connectivity index (χ4n) is 2.19. The number of carbonyl (C=O) groups excluding carboxylic acids is 1. The molecule has 1 aliphatic rings. The van der Waals surface area contributed by atoms with E-state index >= 15 is 0 Å². The molecule has 0 saturated carbocycles. The number of rotatable bonds is 5. The van der Waals surface area contributed by atoms with Crippen molar-refractivity contribution in [3.63, 3.8) is 0 Å². The van der Waals surface area contributed by atoms with Crippen molar-refractivity contribution in [1.29, 1.82) is 0 Å². The lowest BCUT2D eigenvalue weighted by molar-refractivity contribution is -0.150. The second kappa shape index (κ2) is 5.81. The van der Waals surface area contributed by atoms with Gasteiger partial charge >= 0.3 is 11.9 Å². The van der Waals surface area contributed by atoms with Gasteiger partial charge in [-0.3, -0.25) is 9.59 Å². The van der Waals surface area contributed by atoms with Gasteiger partial charge in [0.15, 0.2) is 0 Å². The first-order valence-corrected chi connectivity index (χ1v) is 5.85. The van der Waals surface area contributed by atoms with Crippen molar-refractivity contribution < 1.29 is 24.6 Å². The lowest BCUT2D eigenvalue weighted by atomic mass is 10.0. The number of nitrogens with zero attached hydrogens (tertiary/aromatic N) is 1. The molecular weight excluding hydrogens is 240 g/mol. The maximum absolute atomic E-state index is 12.0. The minimum atomic E-state index is -1.04. The van der Waals surface area contributed by atoms with Gasteiger partial charge in [0.1, 0.15) is 6.04 Å². The van der Waals surface area contributed by atoms with Crippen molar-refractivity contribution in [2.45, 2.75) is 38.3 Å². The number of carbonyl (C=O) groups is 3. The number of amides is 1. The Hall–Kier alpha value is -1.63. The van der Waals surface area contributed by atoms with E-state index in [4.69, 9.17) is 15.9 Å². The van der Waals surface area contributed by atoms with E-state index in [1.54, 1.807) is 6.92 Å². The Morgan fingerprint density at radius 1 is 1.39 bits per heavy atom. The minimum Gasteiger partial charge on any atom is -0.481 e. The predicted octanol–water partition coefficient (Wildman–Crippen LogP) is -0.500. The Labute approximate surface area is 105 Å². The molecule has 0 aromatic carbocycles. The highest BCUT2D eigenvalue weighted by Gasteiger charge is 2.40. The third-order valence-electron chi connectivity index (χ3n) is 3.22. The summed E-state index contributed by atoms with van der Waals surface area (Å²) in [4.78, 5) is 34.7. The van der Waals surface area contributed by atoms with Crippen LogP contribution in [0.4, 0.5) is 0 Å². The molecule has 0 aliphatic carbocycles. The Morgan fingerprint density at radius 2 is 2.00 bits per heavy atom. The zero-order valence-corrected chi connectivity index (χ0v) is 10.2. The number of aliphatic carboxylic acids is 2. The summed E-state index contributed by atoms with van der Waals surface area (Å²) in [5.41, 5.74) is 5.61. The van der Waals surface area contributed by atoms with Crippen LogP contribution in [0.15, 0.2) is 0 Å². The molecule has 3 atom stereocenters. The molecule has 1 rings (SSSR count). The molecule has 7 heteroatoms. The Kier molecular flexibility index (Phi) is 4.66. The Bertz CT molecular complexity index is 357. The summed E-state index contributed by atoms with van der Waals surface area (Å²) in [6.07, 6.45) is 0.438. The number of carboxylic acids is 2. The van der Waals surface area contributed by atoms with Gasteiger partial charge in [-0.2, -0.15) is 0 Å². The van der Waals surface area contributed by atoms with Gasteiger partial charge < -0.3 is 20.8 Å². The van der Waals surface area contributed by atoms with E-state index in [1.165, 1.54) is 4.90 Å². The lowest BCUT2D eigenvalue weighted by Crippen LogP contribution is -2.49. The van der Waals surface area contributed by atoms with Crippen molar-refractivity contribution in [2.24, 2.45) is 11.7 Å². The molecule has 0 spiro atoms. The highest BCUT2D eigenvalue weighted by molar-refractivity contribution is 5.88. The van der Waals surface area contributed by atoms with Crippen molar-refractivity contribution in [3.8, 4) is 0 Å². The highest BCUT2D eigenvalue weighted by Crippen LogP contribution is 2.25. The van der Waals surface area contributed by atoms with E-state index in [9.17, 15) is 14.4 Å². The largest absolute Gasteiger partial charge is 0.481 e. The van der Waals surface area contributed by atoms with Crippen LogP contribution in [0.2, 0.25) is 0 Å². The van der Waals surface area contributed by atoms with Gasteiger partial charge in [-0.05, 0) is 18.8 Å². The van der Waals surface area contributed by atoms with Gasteiger partial charge in [0, 0.05) is 13.0 Å². The Morgan fingerprint density at radius 3 is 2.50 bits per heavy atom. The molecule has 0 aromatic rings. The van der Waals surface area contributed by atoms with Gasteiger partial charge in [0.2, 0.25) is 5.91 Å². The average molecular weight is 258 g/mol. The quantitative estimate of drug-likeness (QED) is 0.611. The number of likely N-dealkylation sites (tertiary alicyclic amines) is 1. The van der Waals surface area contributed by atoms with Gasteiger partial charge in [-0.25, -0.2) is 4.79 Å². The van der Waals surface area contributed by atoms with Crippen LogP contribution in [0.5, 0.6) is 0 Å². The molecule has 1 amide bonds. The van der Waals surface area contributed by atoms with E-state index < -0.39 is 29.9 Å². The molecule has 4 N–H and O–H groups in total. The van der Waals surface area contributed by atoms with Crippen molar-refractivity contribution >= 4 is 17.8 Å². The monoisotopic (exact) mass is 258 g/mol. The third kappa shape index (κ3) is 3.19. The summed E-state index contributed by atoms with van der Waals surface area (Å²) in [7, 11) is 0. The molecule has 7 nitrogen and oxygen atoms in total. The van der Waals surface area contributed by atoms with Crippen LogP contribution in [0, 0.1) is 5.92 Å². The maximum Gasteiger partial charge on any atom is 0.326 e. The van der Waals surface area contributed by atoms with Gasteiger partial charge in [-0.15, -0.1) is 0 Å². The van der Waals surface area contributed by atoms with Crippen LogP contribution in [0.25, 0.3) is 0 Å². The number of hydrogen-bond donors (Lipinski definition) is 3. The molecule has 18 heavy (non-hydrogen) atoms. The number of carboxylic acid groups (broad SMARTS) is 2. The molecule has 1 fully saturated rings. The van der Waals surface area contributed by atoms with Gasteiger partial charge in [-0.1, -0.05) is 6.92 Å². The summed E-state index contributed by atoms with van der Waals surface area (Å²) >= 11 is 0. The van der Waals surface area contributed by atoms with Crippen LogP contribution >= 0.6 is 0 Å². The van der Waals surface area contributed by atoms with Crippen LogP contribution in [0.3, 0.4) is 0 Å². The summed E-state index contributed by atoms with van der Waals surface area (Å²) in [5, 5.41) is 17.6. The first-order valence-electron chi connectivity index (χ1n) is 5.85. The van der Waals surface area contributed by atoms with E-state index in [2.05, 4.69) is 0 Å². The predicted molar refractivity (Wildman–Crippen MR) is 61.8 cm³/mol. The van der Waals surface area contributed by atoms with E-state index in [0.29, 0.717) is 13.0 Å². The van der Waals surface area contributed by atoms with E-state index in [0.717, 1.165) is 0 Å². The van der Waals surface area contributed by atoms with Gasteiger partial charge in [0.05, 0.1) is 6.04 Å². The summed E-state index contributed by atoms with van der Waals surface area (Å²) in [6.45, 7) is 2.13. The molecular formula is C11H18N2O5. The smallest absolute Gasteiger partial charge is 0.326 e. The molecule has 1 aliphatic heterocycles. The van der Waals surface area contributed by atoms with Crippen molar-refractivity contribution in [3.05, 3.63) is 0 Å².